The molecule has 1 amide bonds. The topological polar surface area (TPSA) is 59.4 Å². The Hall–Kier alpha value is -1.59. The van der Waals surface area contributed by atoms with Crippen LogP contribution >= 0.6 is 11.6 Å². The second-order valence-electron chi connectivity index (χ2n) is 7.22. The molecule has 0 spiro atoms. The zero-order valence-electron chi connectivity index (χ0n) is 14.3. The van der Waals surface area contributed by atoms with E-state index in [1.807, 2.05) is 18.2 Å². The molecule has 3 rings (SSSR count). The number of carbonyl (C=O) groups is 1. The number of likely N-dealkylation sites (tertiary alicyclic amines) is 1. The summed E-state index contributed by atoms with van der Waals surface area (Å²) in [6.07, 6.45) is 2.64. The number of halogens is 1. The SMILES string of the molecule is CN1C(=N)N[C@](C)(C2CCCN(Cc3cccc(Cl)c3)C2)CC1=O. The molecule has 2 aliphatic rings. The third-order valence-corrected chi connectivity index (χ3v) is 5.57. The standard InChI is InChI=1S/C18H25ClN4O/c1-18(10-16(24)22(2)17(20)21-18)14-6-4-8-23(12-14)11-13-5-3-7-15(19)9-13/h3,5,7,9,14H,4,6,8,10-12H2,1-2H3,(H2,20,21)/t14?,18-/m0/s1. The summed E-state index contributed by atoms with van der Waals surface area (Å²) in [6, 6.07) is 7.99. The van der Waals surface area contributed by atoms with E-state index in [4.69, 9.17) is 17.0 Å². The quantitative estimate of drug-likeness (QED) is 0.883. The highest BCUT2D eigenvalue weighted by molar-refractivity contribution is 6.30. The van der Waals surface area contributed by atoms with Crippen molar-refractivity contribution in [1.82, 2.24) is 15.1 Å². The molecule has 0 saturated carbocycles. The summed E-state index contributed by atoms with van der Waals surface area (Å²) in [5.41, 5.74) is 0.877. The lowest BCUT2D eigenvalue weighted by atomic mass is 9.76. The van der Waals surface area contributed by atoms with Gasteiger partial charge in [-0.3, -0.25) is 20.0 Å². The van der Waals surface area contributed by atoms with Gasteiger partial charge in [-0.15, -0.1) is 0 Å². The molecule has 2 aliphatic heterocycles. The first-order chi connectivity index (χ1) is 11.4. The van der Waals surface area contributed by atoms with Crippen LogP contribution in [0.15, 0.2) is 24.3 Å². The molecule has 0 aromatic heterocycles. The number of hydrogen-bond donors (Lipinski definition) is 2. The van der Waals surface area contributed by atoms with Crippen molar-refractivity contribution in [3.8, 4) is 0 Å². The Morgan fingerprint density at radius 3 is 2.96 bits per heavy atom. The molecule has 24 heavy (non-hydrogen) atoms. The van der Waals surface area contributed by atoms with E-state index in [-0.39, 0.29) is 17.4 Å². The van der Waals surface area contributed by atoms with E-state index in [9.17, 15) is 4.79 Å². The van der Waals surface area contributed by atoms with Crippen molar-refractivity contribution in [2.75, 3.05) is 20.1 Å². The van der Waals surface area contributed by atoms with E-state index >= 15 is 0 Å². The summed E-state index contributed by atoms with van der Waals surface area (Å²) < 4.78 is 0. The molecule has 0 bridgehead atoms. The summed E-state index contributed by atoms with van der Waals surface area (Å²) in [4.78, 5) is 16.0. The van der Waals surface area contributed by atoms with Gasteiger partial charge in [0.15, 0.2) is 5.96 Å². The molecule has 1 aromatic rings. The van der Waals surface area contributed by atoms with Gasteiger partial charge in [0.1, 0.15) is 0 Å². The Balaban J connectivity index is 1.69. The minimum Gasteiger partial charge on any atom is -0.350 e. The van der Waals surface area contributed by atoms with Crippen molar-refractivity contribution in [2.45, 2.75) is 38.3 Å². The Morgan fingerprint density at radius 1 is 1.46 bits per heavy atom. The van der Waals surface area contributed by atoms with Crippen LogP contribution in [-0.4, -0.2) is 47.3 Å². The molecular weight excluding hydrogens is 324 g/mol. The third-order valence-electron chi connectivity index (χ3n) is 5.33. The van der Waals surface area contributed by atoms with E-state index in [1.54, 1.807) is 7.05 Å². The Kier molecular flexibility index (Phi) is 4.83. The highest BCUT2D eigenvalue weighted by atomic mass is 35.5. The van der Waals surface area contributed by atoms with Crippen molar-refractivity contribution >= 4 is 23.5 Å². The normalized spacial score (nSPS) is 28.8. The van der Waals surface area contributed by atoms with Crippen LogP contribution < -0.4 is 5.32 Å². The predicted molar refractivity (Wildman–Crippen MR) is 96.1 cm³/mol. The van der Waals surface area contributed by atoms with Crippen LogP contribution in [0.5, 0.6) is 0 Å². The van der Waals surface area contributed by atoms with Crippen LogP contribution in [0, 0.1) is 11.3 Å². The number of nitrogens with zero attached hydrogens (tertiary/aromatic N) is 2. The summed E-state index contributed by atoms with van der Waals surface area (Å²) in [5, 5.41) is 12.1. The fraction of sp³-hybridized carbons (Fsp3) is 0.556. The maximum atomic E-state index is 12.2. The van der Waals surface area contributed by atoms with Crippen molar-refractivity contribution in [2.24, 2.45) is 5.92 Å². The Bertz CT molecular complexity index is 630. The number of amides is 1. The van der Waals surface area contributed by atoms with Crippen LogP contribution in [0.25, 0.3) is 0 Å². The number of benzene rings is 1. The second kappa shape index (κ2) is 6.73. The first-order valence-electron chi connectivity index (χ1n) is 8.47. The molecule has 2 N–H and O–H groups in total. The summed E-state index contributed by atoms with van der Waals surface area (Å²) >= 11 is 6.09. The fourth-order valence-electron chi connectivity index (χ4n) is 3.82. The van der Waals surface area contributed by atoms with Gasteiger partial charge in [0, 0.05) is 25.2 Å². The lowest BCUT2D eigenvalue weighted by Crippen LogP contribution is -2.64. The largest absolute Gasteiger partial charge is 0.350 e. The summed E-state index contributed by atoms with van der Waals surface area (Å²) in [5.74, 6) is 0.581. The van der Waals surface area contributed by atoms with Gasteiger partial charge in [-0.1, -0.05) is 23.7 Å². The number of guanidine groups is 1. The molecule has 1 aromatic carbocycles. The lowest BCUT2D eigenvalue weighted by Gasteiger charge is -2.47. The van der Waals surface area contributed by atoms with E-state index in [2.05, 4.69) is 23.2 Å². The predicted octanol–water partition coefficient (Wildman–Crippen LogP) is 2.70. The fourth-order valence-corrected chi connectivity index (χ4v) is 4.03. The van der Waals surface area contributed by atoms with Gasteiger partial charge < -0.3 is 5.32 Å². The maximum Gasteiger partial charge on any atom is 0.231 e. The zero-order chi connectivity index (χ0) is 17.3. The van der Waals surface area contributed by atoms with Gasteiger partial charge in [-0.25, -0.2) is 0 Å². The van der Waals surface area contributed by atoms with E-state index in [1.165, 1.54) is 10.5 Å². The molecule has 130 valence electrons. The first kappa shape index (κ1) is 17.2. The number of rotatable bonds is 3. The Morgan fingerprint density at radius 2 is 2.25 bits per heavy atom. The van der Waals surface area contributed by atoms with Crippen LogP contribution in [0.2, 0.25) is 5.02 Å². The average Bonchev–Trinajstić information content (AvgIpc) is 2.53. The van der Waals surface area contributed by atoms with Gasteiger partial charge in [0.2, 0.25) is 5.91 Å². The van der Waals surface area contributed by atoms with Gasteiger partial charge in [-0.2, -0.15) is 0 Å². The molecule has 2 heterocycles. The zero-order valence-corrected chi connectivity index (χ0v) is 15.1. The average molecular weight is 349 g/mol. The number of nitrogens with one attached hydrogen (secondary N) is 2. The maximum absolute atomic E-state index is 12.2. The summed E-state index contributed by atoms with van der Waals surface area (Å²) in [7, 11) is 1.66. The number of carbonyl (C=O) groups excluding carboxylic acids is 1. The molecule has 6 heteroatoms. The number of hydrogen-bond acceptors (Lipinski definition) is 3. The van der Waals surface area contributed by atoms with Crippen molar-refractivity contribution in [3.05, 3.63) is 34.9 Å². The molecule has 5 nitrogen and oxygen atoms in total. The van der Waals surface area contributed by atoms with Crippen molar-refractivity contribution in [3.63, 3.8) is 0 Å². The smallest absolute Gasteiger partial charge is 0.231 e. The highest BCUT2D eigenvalue weighted by Gasteiger charge is 2.43. The summed E-state index contributed by atoms with van der Waals surface area (Å²) in [6.45, 7) is 4.95. The van der Waals surface area contributed by atoms with E-state index in [0.29, 0.717) is 12.3 Å². The van der Waals surface area contributed by atoms with Crippen LogP contribution in [-0.2, 0) is 11.3 Å². The van der Waals surface area contributed by atoms with Crippen LogP contribution in [0.4, 0.5) is 0 Å². The first-order valence-corrected chi connectivity index (χ1v) is 8.85. The Labute approximate surface area is 148 Å². The van der Waals surface area contributed by atoms with E-state index in [0.717, 1.165) is 37.5 Å². The molecule has 2 atom stereocenters. The van der Waals surface area contributed by atoms with Gasteiger partial charge in [0.25, 0.3) is 0 Å². The second-order valence-corrected chi connectivity index (χ2v) is 7.66. The minimum atomic E-state index is -0.340. The van der Waals surface area contributed by atoms with Crippen molar-refractivity contribution < 1.29 is 4.79 Å². The molecule has 1 unspecified atom stereocenters. The molecule has 0 aliphatic carbocycles. The third kappa shape index (κ3) is 3.57. The molecule has 2 saturated heterocycles. The number of piperidine rings is 1. The molecule has 0 radical (unpaired) electrons. The highest BCUT2D eigenvalue weighted by Crippen LogP contribution is 2.33. The minimum absolute atomic E-state index is 0.0215. The molecule has 2 fully saturated rings. The van der Waals surface area contributed by atoms with Gasteiger partial charge >= 0.3 is 0 Å². The van der Waals surface area contributed by atoms with Crippen molar-refractivity contribution in [1.29, 1.82) is 5.41 Å². The van der Waals surface area contributed by atoms with Gasteiger partial charge in [-0.05, 0) is 49.9 Å². The van der Waals surface area contributed by atoms with Gasteiger partial charge in [0.05, 0.1) is 12.0 Å². The van der Waals surface area contributed by atoms with Crippen LogP contribution in [0.1, 0.15) is 31.7 Å². The lowest BCUT2D eigenvalue weighted by molar-refractivity contribution is -0.130. The van der Waals surface area contributed by atoms with Crippen LogP contribution in [0.3, 0.4) is 0 Å². The van der Waals surface area contributed by atoms with E-state index < -0.39 is 0 Å². The monoisotopic (exact) mass is 348 g/mol. The molecular formula is C18H25ClN4O.